The second-order valence-electron chi connectivity index (χ2n) is 8.12. The number of rotatable bonds is 2. The minimum absolute atomic E-state index is 0.144. The lowest BCUT2D eigenvalue weighted by Crippen LogP contribution is -2.47. The van der Waals surface area contributed by atoms with Crippen LogP contribution in [-0.4, -0.2) is 52.7 Å². The second-order valence-corrected chi connectivity index (χ2v) is 8.12. The predicted octanol–water partition coefficient (Wildman–Crippen LogP) is 2.51. The fraction of sp³-hybridized carbons (Fsp3) is 0.700. The summed E-state index contributed by atoms with van der Waals surface area (Å²) in [5, 5.41) is 9.72. The number of aryl methyl sites for hydroxylation is 1. The largest absolute Gasteiger partial charge is 0.393 e. The quantitative estimate of drug-likeness (QED) is 0.896. The van der Waals surface area contributed by atoms with Gasteiger partial charge >= 0.3 is 0 Å². The highest BCUT2D eigenvalue weighted by Gasteiger charge is 2.50. The maximum absolute atomic E-state index is 13.2. The molecule has 0 aromatic carbocycles. The normalized spacial score (nSPS) is 29.4. The number of aliphatic hydroxyl groups is 1. The molecule has 0 unspecified atom stereocenters. The number of anilines is 1. The molecule has 3 aliphatic rings. The van der Waals surface area contributed by atoms with Crippen molar-refractivity contribution in [1.29, 1.82) is 0 Å². The first-order valence-corrected chi connectivity index (χ1v) is 9.75. The van der Waals surface area contributed by atoms with Crippen LogP contribution in [0, 0.1) is 12.3 Å². The van der Waals surface area contributed by atoms with Crippen molar-refractivity contribution in [2.75, 3.05) is 24.5 Å². The van der Waals surface area contributed by atoms with Crippen LogP contribution in [0.4, 0.5) is 5.82 Å². The van der Waals surface area contributed by atoms with Gasteiger partial charge < -0.3 is 14.9 Å². The highest BCUT2D eigenvalue weighted by Crippen LogP contribution is 2.44. The van der Waals surface area contributed by atoms with Gasteiger partial charge in [-0.25, -0.2) is 4.98 Å². The first-order chi connectivity index (χ1) is 12.1. The van der Waals surface area contributed by atoms with E-state index in [1.807, 2.05) is 12.3 Å². The van der Waals surface area contributed by atoms with Crippen molar-refractivity contribution < 1.29 is 9.90 Å². The molecule has 1 spiro atoms. The van der Waals surface area contributed by atoms with E-state index in [0.29, 0.717) is 11.9 Å². The molecular weight excluding hydrogens is 314 g/mol. The molecule has 136 valence electrons. The maximum atomic E-state index is 13.2. The van der Waals surface area contributed by atoms with Crippen molar-refractivity contribution in [3.63, 3.8) is 0 Å². The molecule has 3 heterocycles. The van der Waals surface area contributed by atoms with Gasteiger partial charge in [-0.15, -0.1) is 0 Å². The molecule has 1 aliphatic carbocycles. The van der Waals surface area contributed by atoms with Gasteiger partial charge in [-0.2, -0.15) is 0 Å². The third-order valence-corrected chi connectivity index (χ3v) is 6.65. The Kier molecular flexibility index (Phi) is 4.44. The Bertz CT molecular complexity index is 632. The Morgan fingerprint density at radius 3 is 2.48 bits per heavy atom. The number of aromatic nitrogens is 1. The van der Waals surface area contributed by atoms with Crippen molar-refractivity contribution in [1.82, 2.24) is 9.88 Å². The molecule has 1 aromatic rings. The summed E-state index contributed by atoms with van der Waals surface area (Å²) in [7, 11) is 0. The average molecular weight is 343 g/mol. The fourth-order valence-electron chi connectivity index (χ4n) is 4.98. The standard InChI is InChI=1S/C20H29N3O2/c1-15-3-2-11-21-18(15)22-12-8-20(9-13-22)10-14-23(19(20)25)16-4-6-17(24)7-5-16/h2-3,11,16-17,24H,4-10,12-14H2,1H3. The first-order valence-electron chi connectivity index (χ1n) is 9.75. The van der Waals surface area contributed by atoms with Gasteiger partial charge in [0, 0.05) is 31.9 Å². The molecule has 1 amide bonds. The zero-order valence-corrected chi connectivity index (χ0v) is 15.2. The van der Waals surface area contributed by atoms with Crippen molar-refractivity contribution in [3.05, 3.63) is 23.9 Å². The Morgan fingerprint density at radius 2 is 1.80 bits per heavy atom. The summed E-state index contributed by atoms with van der Waals surface area (Å²) in [6, 6.07) is 4.43. The van der Waals surface area contributed by atoms with Crippen LogP contribution in [0.1, 0.15) is 50.5 Å². The van der Waals surface area contributed by atoms with Crippen molar-refractivity contribution in [2.24, 2.45) is 5.41 Å². The molecule has 0 radical (unpaired) electrons. The van der Waals surface area contributed by atoms with E-state index < -0.39 is 0 Å². The lowest BCUT2D eigenvalue weighted by atomic mass is 9.77. The lowest BCUT2D eigenvalue weighted by molar-refractivity contribution is -0.139. The summed E-state index contributed by atoms with van der Waals surface area (Å²) in [5.74, 6) is 1.45. The smallest absolute Gasteiger partial charge is 0.229 e. The number of hydrogen-bond acceptors (Lipinski definition) is 4. The van der Waals surface area contributed by atoms with Crippen LogP contribution >= 0.6 is 0 Å². The van der Waals surface area contributed by atoms with Crippen LogP contribution in [0.3, 0.4) is 0 Å². The molecule has 1 N–H and O–H groups in total. The molecule has 1 aromatic heterocycles. The average Bonchev–Trinajstić information content (AvgIpc) is 2.94. The third kappa shape index (κ3) is 3.03. The number of piperidine rings is 1. The van der Waals surface area contributed by atoms with Crippen LogP contribution in [0.5, 0.6) is 0 Å². The number of hydrogen-bond donors (Lipinski definition) is 1. The Balaban J connectivity index is 1.41. The monoisotopic (exact) mass is 343 g/mol. The van der Waals surface area contributed by atoms with Gasteiger partial charge in [-0.3, -0.25) is 4.79 Å². The zero-order valence-electron chi connectivity index (χ0n) is 15.2. The predicted molar refractivity (Wildman–Crippen MR) is 97.4 cm³/mol. The molecule has 5 heteroatoms. The number of nitrogens with zero attached hydrogens (tertiary/aromatic N) is 3. The molecule has 2 saturated heterocycles. The van der Waals surface area contributed by atoms with Gasteiger partial charge in [0.05, 0.1) is 11.5 Å². The van der Waals surface area contributed by atoms with E-state index in [9.17, 15) is 9.90 Å². The van der Waals surface area contributed by atoms with Crippen molar-refractivity contribution in [3.8, 4) is 0 Å². The van der Waals surface area contributed by atoms with Crippen molar-refractivity contribution in [2.45, 2.75) is 64.0 Å². The Labute approximate surface area is 150 Å². The van der Waals surface area contributed by atoms with Gasteiger partial charge in [0.15, 0.2) is 0 Å². The number of carbonyl (C=O) groups is 1. The van der Waals surface area contributed by atoms with Crippen LogP contribution in [0.2, 0.25) is 0 Å². The number of aliphatic hydroxyl groups excluding tert-OH is 1. The molecule has 3 fully saturated rings. The molecule has 2 aliphatic heterocycles. The van der Waals surface area contributed by atoms with E-state index in [1.54, 1.807) is 0 Å². The van der Waals surface area contributed by atoms with Crippen LogP contribution in [-0.2, 0) is 4.79 Å². The van der Waals surface area contributed by atoms with Crippen LogP contribution in [0.15, 0.2) is 18.3 Å². The summed E-state index contributed by atoms with van der Waals surface area (Å²) >= 11 is 0. The Morgan fingerprint density at radius 1 is 1.12 bits per heavy atom. The SMILES string of the molecule is Cc1cccnc1N1CCC2(CC1)CCN(C1CCC(O)CC1)C2=O. The molecule has 5 nitrogen and oxygen atoms in total. The van der Waals surface area contributed by atoms with Gasteiger partial charge in [0.2, 0.25) is 5.91 Å². The minimum Gasteiger partial charge on any atom is -0.393 e. The van der Waals surface area contributed by atoms with E-state index in [0.717, 1.165) is 70.4 Å². The topological polar surface area (TPSA) is 56.7 Å². The zero-order chi connectivity index (χ0) is 17.4. The van der Waals surface area contributed by atoms with E-state index >= 15 is 0 Å². The summed E-state index contributed by atoms with van der Waals surface area (Å²) < 4.78 is 0. The van der Waals surface area contributed by atoms with Crippen LogP contribution < -0.4 is 4.90 Å². The van der Waals surface area contributed by atoms with Gasteiger partial charge in [-0.05, 0) is 63.5 Å². The second kappa shape index (κ2) is 6.60. The molecule has 0 bridgehead atoms. The number of amides is 1. The molecule has 0 atom stereocenters. The molecule has 4 rings (SSSR count). The van der Waals surface area contributed by atoms with E-state index in [-0.39, 0.29) is 11.5 Å². The van der Waals surface area contributed by atoms with Gasteiger partial charge in [0.1, 0.15) is 5.82 Å². The molecule has 25 heavy (non-hydrogen) atoms. The summed E-state index contributed by atoms with van der Waals surface area (Å²) in [4.78, 5) is 22.2. The highest BCUT2D eigenvalue weighted by molar-refractivity contribution is 5.85. The van der Waals surface area contributed by atoms with Gasteiger partial charge in [-0.1, -0.05) is 6.07 Å². The third-order valence-electron chi connectivity index (χ3n) is 6.65. The number of pyridine rings is 1. The lowest BCUT2D eigenvalue weighted by Gasteiger charge is -2.40. The van der Waals surface area contributed by atoms with E-state index in [2.05, 4.69) is 27.8 Å². The van der Waals surface area contributed by atoms with Crippen molar-refractivity contribution >= 4 is 11.7 Å². The highest BCUT2D eigenvalue weighted by atomic mass is 16.3. The van der Waals surface area contributed by atoms with E-state index in [4.69, 9.17) is 0 Å². The molecule has 1 saturated carbocycles. The summed E-state index contributed by atoms with van der Waals surface area (Å²) in [5.41, 5.74) is 1.06. The van der Waals surface area contributed by atoms with E-state index in [1.165, 1.54) is 5.56 Å². The first kappa shape index (κ1) is 16.8. The minimum atomic E-state index is -0.159. The van der Waals surface area contributed by atoms with Gasteiger partial charge in [0.25, 0.3) is 0 Å². The number of likely N-dealkylation sites (tertiary alicyclic amines) is 1. The fourth-order valence-corrected chi connectivity index (χ4v) is 4.98. The van der Waals surface area contributed by atoms with Crippen LogP contribution in [0.25, 0.3) is 0 Å². The Hall–Kier alpha value is -1.62. The maximum Gasteiger partial charge on any atom is 0.229 e. The number of carbonyl (C=O) groups excluding carboxylic acids is 1. The molecular formula is C20H29N3O2. The summed E-state index contributed by atoms with van der Waals surface area (Å²) in [6.45, 7) is 4.84. The summed E-state index contributed by atoms with van der Waals surface area (Å²) in [6.07, 6.45) is 8.17.